The number of phenolic OH excluding ortho intramolecular Hbond substituents is 1. The fourth-order valence-corrected chi connectivity index (χ4v) is 3.79. The highest BCUT2D eigenvalue weighted by atomic mass is 32.1. The number of hydrogen-bond acceptors (Lipinski definition) is 5. The Hall–Kier alpha value is -2.47. The molecule has 2 N–H and O–H groups in total. The number of nitrogens with zero attached hydrogens (tertiary/aromatic N) is 2. The summed E-state index contributed by atoms with van der Waals surface area (Å²) in [4.78, 5) is 10.7. The molecule has 0 bridgehead atoms. The SMILES string of the molecule is CNC(=S)C1(c2cccnc2)CCCCC1=NOCc1ccc(O)cc1. The highest BCUT2D eigenvalue weighted by molar-refractivity contribution is 7.80. The Kier molecular flexibility index (Phi) is 5.83. The first-order valence-electron chi connectivity index (χ1n) is 8.77. The summed E-state index contributed by atoms with van der Waals surface area (Å²) in [6.45, 7) is 0.346. The molecule has 136 valence electrons. The molecule has 1 atom stereocenters. The Labute approximate surface area is 159 Å². The van der Waals surface area contributed by atoms with E-state index in [0.29, 0.717) is 6.61 Å². The number of phenols is 1. The van der Waals surface area contributed by atoms with Crippen LogP contribution in [0, 0.1) is 0 Å². The van der Waals surface area contributed by atoms with Crippen LogP contribution in [0.3, 0.4) is 0 Å². The molecule has 1 aromatic heterocycles. The van der Waals surface area contributed by atoms with Crippen molar-refractivity contribution in [3.63, 3.8) is 0 Å². The van der Waals surface area contributed by atoms with Crippen LogP contribution in [-0.2, 0) is 16.9 Å². The van der Waals surface area contributed by atoms with Crippen LogP contribution >= 0.6 is 12.2 Å². The number of hydrogen-bond donors (Lipinski definition) is 2. The van der Waals surface area contributed by atoms with Crippen LogP contribution in [0.2, 0.25) is 0 Å². The van der Waals surface area contributed by atoms with Gasteiger partial charge in [-0.05, 0) is 48.6 Å². The zero-order valence-corrected chi connectivity index (χ0v) is 15.6. The van der Waals surface area contributed by atoms with Crippen LogP contribution in [0.1, 0.15) is 36.8 Å². The summed E-state index contributed by atoms with van der Waals surface area (Å²) in [6, 6.07) is 10.9. The quantitative estimate of drug-likeness (QED) is 0.621. The third-order valence-electron chi connectivity index (χ3n) is 4.82. The molecule has 1 aliphatic rings. The molecule has 1 unspecified atom stereocenters. The first-order valence-corrected chi connectivity index (χ1v) is 9.17. The summed E-state index contributed by atoms with van der Waals surface area (Å²) in [6.07, 6.45) is 7.50. The van der Waals surface area contributed by atoms with Crippen LogP contribution in [0.4, 0.5) is 0 Å². The summed E-state index contributed by atoms with van der Waals surface area (Å²) in [5.41, 5.74) is 2.47. The number of aromatic hydroxyl groups is 1. The van der Waals surface area contributed by atoms with Crippen molar-refractivity contribution >= 4 is 22.9 Å². The lowest BCUT2D eigenvalue weighted by Crippen LogP contribution is -2.50. The van der Waals surface area contributed by atoms with Gasteiger partial charge in [-0.25, -0.2) is 0 Å². The number of benzene rings is 1. The molecular formula is C20H23N3O2S. The lowest BCUT2D eigenvalue weighted by atomic mass is 9.68. The minimum Gasteiger partial charge on any atom is -0.508 e. The molecule has 1 heterocycles. The van der Waals surface area contributed by atoms with Gasteiger partial charge in [0.2, 0.25) is 0 Å². The maximum Gasteiger partial charge on any atom is 0.142 e. The average Bonchev–Trinajstić information content (AvgIpc) is 2.70. The van der Waals surface area contributed by atoms with Gasteiger partial charge in [0.25, 0.3) is 0 Å². The fraction of sp³-hybridized carbons (Fsp3) is 0.350. The Morgan fingerprint density at radius 1 is 1.31 bits per heavy atom. The van der Waals surface area contributed by atoms with E-state index in [1.165, 1.54) is 0 Å². The zero-order valence-electron chi connectivity index (χ0n) is 14.8. The Bertz CT molecular complexity index is 777. The predicted octanol–water partition coefficient (Wildman–Crippen LogP) is 3.72. The van der Waals surface area contributed by atoms with E-state index in [2.05, 4.69) is 21.5 Å². The van der Waals surface area contributed by atoms with E-state index in [1.54, 1.807) is 18.3 Å². The van der Waals surface area contributed by atoms with Crippen molar-refractivity contribution in [2.45, 2.75) is 37.7 Å². The number of likely N-dealkylation sites (N-methyl/N-ethyl adjacent to an activating group) is 1. The molecule has 0 aliphatic heterocycles. The van der Waals surface area contributed by atoms with Gasteiger partial charge < -0.3 is 15.3 Å². The molecule has 1 saturated carbocycles. The maximum atomic E-state index is 9.37. The average molecular weight is 369 g/mol. The summed E-state index contributed by atoms with van der Waals surface area (Å²) in [7, 11) is 1.85. The van der Waals surface area contributed by atoms with Gasteiger partial charge in [-0.15, -0.1) is 0 Å². The molecule has 6 heteroatoms. The minimum atomic E-state index is -0.467. The fourth-order valence-electron chi connectivity index (χ4n) is 3.46. The smallest absolute Gasteiger partial charge is 0.142 e. The molecular weight excluding hydrogens is 346 g/mol. The Balaban J connectivity index is 1.88. The van der Waals surface area contributed by atoms with Crippen LogP contribution in [0.25, 0.3) is 0 Å². The topological polar surface area (TPSA) is 66.7 Å². The van der Waals surface area contributed by atoms with Gasteiger partial charge >= 0.3 is 0 Å². The summed E-state index contributed by atoms with van der Waals surface area (Å²) in [5.74, 6) is 0.238. The standard InChI is InChI=1S/C20H23N3O2S/c1-21-19(26)20(16-5-4-12-22-13-16)11-3-2-6-18(20)23-25-14-15-7-9-17(24)10-8-15/h4-5,7-10,12-13,24H,2-3,6,11,14H2,1H3,(H,21,26). The summed E-state index contributed by atoms with van der Waals surface area (Å²) < 4.78 is 0. The first-order chi connectivity index (χ1) is 12.7. The third kappa shape index (κ3) is 3.70. The highest BCUT2D eigenvalue weighted by Crippen LogP contribution is 2.38. The minimum absolute atomic E-state index is 0.238. The monoisotopic (exact) mass is 369 g/mol. The van der Waals surface area contributed by atoms with E-state index in [0.717, 1.165) is 47.5 Å². The van der Waals surface area contributed by atoms with Crippen molar-refractivity contribution in [1.82, 2.24) is 10.3 Å². The molecule has 0 saturated heterocycles. The van der Waals surface area contributed by atoms with E-state index in [1.807, 2.05) is 31.4 Å². The van der Waals surface area contributed by atoms with Crippen LogP contribution in [0.15, 0.2) is 53.9 Å². The summed E-state index contributed by atoms with van der Waals surface area (Å²) in [5, 5.41) is 17.0. The Morgan fingerprint density at radius 2 is 2.12 bits per heavy atom. The van der Waals surface area contributed by atoms with E-state index in [9.17, 15) is 5.11 Å². The molecule has 1 aliphatic carbocycles. The molecule has 2 aromatic rings. The molecule has 3 rings (SSSR count). The predicted molar refractivity (Wildman–Crippen MR) is 106 cm³/mol. The van der Waals surface area contributed by atoms with E-state index in [-0.39, 0.29) is 5.75 Å². The van der Waals surface area contributed by atoms with Crippen molar-refractivity contribution in [2.24, 2.45) is 5.16 Å². The van der Waals surface area contributed by atoms with E-state index in [4.69, 9.17) is 17.1 Å². The second kappa shape index (κ2) is 8.27. The first kappa shape index (κ1) is 18.3. The van der Waals surface area contributed by atoms with Crippen LogP contribution < -0.4 is 5.32 Å². The van der Waals surface area contributed by atoms with Gasteiger partial charge in [0, 0.05) is 19.4 Å². The van der Waals surface area contributed by atoms with Crippen molar-refractivity contribution in [3.8, 4) is 5.75 Å². The van der Waals surface area contributed by atoms with Gasteiger partial charge in [0.15, 0.2) is 0 Å². The van der Waals surface area contributed by atoms with Gasteiger partial charge in [0.05, 0.1) is 16.1 Å². The van der Waals surface area contributed by atoms with E-state index < -0.39 is 5.41 Å². The summed E-state index contributed by atoms with van der Waals surface area (Å²) >= 11 is 5.70. The van der Waals surface area contributed by atoms with Gasteiger partial charge in [-0.1, -0.05) is 42.0 Å². The molecule has 26 heavy (non-hydrogen) atoms. The number of aromatic nitrogens is 1. The second-order valence-electron chi connectivity index (χ2n) is 6.41. The largest absolute Gasteiger partial charge is 0.508 e. The highest BCUT2D eigenvalue weighted by Gasteiger charge is 2.44. The van der Waals surface area contributed by atoms with Crippen LogP contribution in [-0.4, -0.2) is 27.8 Å². The van der Waals surface area contributed by atoms with Gasteiger partial charge in [-0.3, -0.25) is 4.98 Å². The van der Waals surface area contributed by atoms with Crippen molar-refractivity contribution in [1.29, 1.82) is 0 Å². The van der Waals surface area contributed by atoms with Gasteiger partial charge in [0.1, 0.15) is 12.4 Å². The van der Waals surface area contributed by atoms with E-state index >= 15 is 0 Å². The molecule has 1 aromatic carbocycles. The molecule has 1 fully saturated rings. The molecule has 5 nitrogen and oxygen atoms in total. The lowest BCUT2D eigenvalue weighted by molar-refractivity contribution is 0.127. The van der Waals surface area contributed by atoms with Crippen molar-refractivity contribution < 1.29 is 9.94 Å². The number of thiocarbonyl (C=S) groups is 1. The Morgan fingerprint density at radius 3 is 2.81 bits per heavy atom. The number of nitrogens with one attached hydrogen (secondary N) is 1. The molecule has 0 amide bonds. The maximum absolute atomic E-state index is 9.37. The third-order valence-corrected chi connectivity index (χ3v) is 5.37. The number of rotatable bonds is 5. The van der Waals surface area contributed by atoms with Gasteiger partial charge in [-0.2, -0.15) is 0 Å². The second-order valence-corrected chi connectivity index (χ2v) is 6.82. The molecule has 0 radical (unpaired) electrons. The number of pyridine rings is 1. The normalized spacial score (nSPS) is 21.3. The number of oxime groups is 1. The zero-order chi connectivity index (χ0) is 18.4. The van der Waals surface area contributed by atoms with Crippen LogP contribution in [0.5, 0.6) is 5.75 Å². The molecule has 0 spiro atoms. The van der Waals surface area contributed by atoms with Crippen molar-refractivity contribution in [3.05, 3.63) is 59.9 Å². The van der Waals surface area contributed by atoms with Crippen molar-refractivity contribution in [2.75, 3.05) is 7.05 Å². The lowest BCUT2D eigenvalue weighted by Gasteiger charge is -2.38.